The first-order valence-electron chi connectivity index (χ1n) is 7.02. The Morgan fingerprint density at radius 2 is 1.70 bits per heavy atom. The van der Waals surface area contributed by atoms with Gasteiger partial charge in [-0.15, -0.1) is 0 Å². The van der Waals surface area contributed by atoms with Crippen molar-refractivity contribution in [1.82, 2.24) is 0 Å². The Morgan fingerprint density at radius 3 is 2.50 bits per heavy atom. The number of rotatable bonds is 5. The van der Waals surface area contributed by atoms with Crippen LogP contribution in [0.25, 0.3) is 0 Å². The van der Waals surface area contributed by atoms with Gasteiger partial charge in [0.2, 0.25) is 0 Å². The summed E-state index contributed by atoms with van der Waals surface area (Å²) in [5.74, 6) is 1.77. The molecule has 0 saturated carbocycles. The average Bonchev–Trinajstić information content (AvgIpc) is 2.86. The maximum Gasteiger partial charge on any atom is 0.122 e. The highest BCUT2D eigenvalue weighted by atomic mass is 16.5. The number of nitrogens with two attached hydrogens (primary N) is 1. The van der Waals surface area contributed by atoms with Gasteiger partial charge in [0, 0.05) is 6.04 Å². The number of hydrogen-bond donors (Lipinski definition) is 1. The average molecular weight is 269 g/mol. The van der Waals surface area contributed by atoms with E-state index in [4.69, 9.17) is 15.2 Å². The van der Waals surface area contributed by atoms with Gasteiger partial charge in [0.25, 0.3) is 0 Å². The summed E-state index contributed by atoms with van der Waals surface area (Å²) in [7, 11) is 0. The van der Waals surface area contributed by atoms with E-state index in [1.54, 1.807) is 0 Å². The molecule has 3 heteroatoms. The predicted molar refractivity (Wildman–Crippen MR) is 79.1 cm³/mol. The van der Waals surface area contributed by atoms with Crippen LogP contribution in [-0.2, 0) is 6.42 Å². The maximum absolute atomic E-state index is 6.02. The summed E-state index contributed by atoms with van der Waals surface area (Å²) < 4.78 is 11.3. The Kier molecular flexibility index (Phi) is 3.88. The molecule has 0 amide bonds. The molecular weight excluding hydrogens is 250 g/mol. The molecule has 0 radical (unpaired) electrons. The highest BCUT2D eigenvalue weighted by molar-refractivity contribution is 5.40. The largest absolute Gasteiger partial charge is 0.490 e. The van der Waals surface area contributed by atoms with Crippen LogP contribution in [0, 0.1) is 0 Å². The number of ether oxygens (including phenoxy) is 2. The van der Waals surface area contributed by atoms with E-state index in [-0.39, 0.29) is 6.04 Å². The third kappa shape index (κ3) is 2.94. The van der Waals surface area contributed by atoms with Crippen molar-refractivity contribution in [1.29, 1.82) is 0 Å². The molecule has 1 aliphatic carbocycles. The van der Waals surface area contributed by atoms with Gasteiger partial charge in [-0.05, 0) is 48.2 Å². The minimum atomic E-state index is 0.195. The van der Waals surface area contributed by atoms with E-state index >= 15 is 0 Å². The molecule has 0 heterocycles. The zero-order chi connectivity index (χ0) is 13.8. The van der Waals surface area contributed by atoms with Crippen LogP contribution in [0.2, 0.25) is 0 Å². The lowest BCUT2D eigenvalue weighted by Gasteiger charge is -2.10. The van der Waals surface area contributed by atoms with Gasteiger partial charge in [-0.3, -0.25) is 0 Å². The minimum absolute atomic E-state index is 0.195. The van der Waals surface area contributed by atoms with Gasteiger partial charge in [0.1, 0.15) is 24.7 Å². The lowest BCUT2D eigenvalue weighted by molar-refractivity contribution is 0.217. The summed E-state index contributed by atoms with van der Waals surface area (Å²) in [6.45, 7) is 1.08. The first-order valence-corrected chi connectivity index (χ1v) is 7.02. The van der Waals surface area contributed by atoms with Gasteiger partial charge in [-0.2, -0.15) is 0 Å². The van der Waals surface area contributed by atoms with Crippen LogP contribution in [-0.4, -0.2) is 13.2 Å². The summed E-state index contributed by atoms with van der Waals surface area (Å²) in [5.41, 5.74) is 8.60. The molecule has 0 saturated heterocycles. The van der Waals surface area contributed by atoms with E-state index in [1.165, 1.54) is 11.1 Å². The van der Waals surface area contributed by atoms with Crippen LogP contribution in [0.5, 0.6) is 11.5 Å². The van der Waals surface area contributed by atoms with Crippen molar-refractivity contribution in [3.05, 3.63) is 59.7 Å². The Bertz CT molecular complexity index is 568. The van der Waals surface area contributed by atoms with Crippen LogP contribution in [0.15, 0.2) is 48.5 Å². The van der Waals surface area contributed by atoms with Crippen molar-refractivity contribution in [2.75, 3.05) is 13.2 Å². The number of para-hydroxylation sites is 1. The first kappa shape index (κ1) is 13.0. The summed E-state index contributed by atoms with van der Waals surface area (Å²) in [6, 6.07) is 16.1. The molecule has 0 aliphatic heterocycles. The zero-order valence-corrected chi connectivity index (χ0v) is 11.4. The van der Waals surface area contributed by atoms with E-state index in [9.17, 15) is 0 Å². The fourth-order valence-corrected chi connectivity index (χ4v) is 2.55. The Hall–Kier alpha value is -2.00. The molecule has 20 heavy (non-hydrogen) atoms. The van der Waals surface area contributed by atoms with Gasteiger partial charge in [0.15, 0.2) is 0 Å². The van der Waals surface area contributed by atoms with Crippen molar-refractivity contribution in [2.45, 2.75) is 18.9 Å². The molecule has 2 aromatic rings. The highest BCUT2D eigenvalue weighted by Crippen LogP contribution is 2.31. The maximum atomic E-state index is 6.02. The Labute approximate surface area is 119 Å². The van der Waals surface area contributed by atoms with Gasteiger partial charge in [-0.1, -0.05) is 24.3 Å². The topological polar surface area (TPSA) is 44.5 Å². The lowest BCUT2D eigenvalue weighted by atomic mass is 10.1. The second-order valence-electron chi connectivity index (χ2n) is 5.02. The molecule has 104 valence electrons. The molecular formula is C17H19NO2. The van der Waals surface area contributed by atoms with Gasteiger partial charge in [-0.25, -0.2) is 0 Å². The molecule has 2 N–H and O–H groups in total. The molecule has 0 bridgehead atoms. The minimum Gasteiger partial charge on any atom is -0.490 e. The number of aryl methyl sites for hydroxylation is 1. The van der Waals surface area contributed by atoms with Gasteiger partial charge >= 0.3 is 0 Å². The smallest absolute Gasteiger partial charge is 0.122 e. The Morgan fingerprint density at radius 1 is 0.950 bits per heavy atom. The van der Waals surface area contributed by atoms with Crippen LogP contribution in [0.3, 0.4) is 0 Å². The van der Waals surface area contributed by atoms with E-state index in [2.05, 4.69) is 12.1 Å². The SMILES string of the molecule is N[C@H]1CCc2cc(OCCOc3ccccc3)ccc21. The Balaban J connectivity index is 1.50. The van der Waals surface area contributed by atoms with Crippen molar-refractivity contribution < 1.29 is 9.47 Å². The van der Waals surface area contributed by atoms with Crippen molar-refractivity contribution in [3.63, 3.8) is 0 Å². The highest BCUT2D eigenvalue weighted by Gasteiger charge is 2.18. The second-order valence-corrected chi connectivity index (χ2v) is 5.02. The van der Waals surface area contributed by atoms with Crippen LogP contribution >= 0.6 is 0 Å². The molecule has 2 aromatic carbocycles. The van der Waals surface area contributed by atoms with E-state index in [0.717, 1.165) is 24.3 Å². The third-order valence-electron chi connectivity index (χ3n) is 3.60. The molecule has 0 aromatic heterocycles. The van der Waals surface area contributed by atoms with Crippen molar-refractivity contribution in [3.8, 4) is 11.5 Å². The summed E-state index contributed by atoms with van der Waals surface area (Å²) in [4.78, 5) is 0. The van der Waals surface area contributed by atoms with Crippen molar-refractivity contribution in [2.24, 2.45) is 5.73 Å². The van der Waals surface area contributed by atoms with Crippen LogP contribution < -0.4 is 15.2 Å². The van der Waals surface area contributed by atoms with Crippen molar-refractivity contribution >= 4 is 0 Å². The molecule has 0 fully saturated rings. The van der Waals surface area contributed by atoms with Crippen LogP contribution in [0.4, 0.5) is 0 Å². The third-order valence-corrected chi connectivity index (χ3v) is 3.60. The van der Waals surface area contributed by atoms with Gasteiger partial charge in [0.05, 0.1) is 0 Å². The van der Waals surface area contributed by atoms with E-state index in [1.807, 2.05) is 36.4 Å². The quantitative estimate of drug-likeness (QED) is 0.848. The first-order chi connectivity index (χ1) is 9.83. The summed E-state index contributed by atoms with van der Waals surface area (Å²) in [6.07, 6.45) is 2.09. The second kappa shape index (κ2) is 5.97. The summed E-state index contributed by atoms with van der Waals surface area (Å²) in [5, 5.41) is 0. The fraction of sp³-hybridized carbons (Fsp3) is 0.294. The molecule has 3 rings (SSSR count). The normalized spacial score (nSPS) is 16.8. The predicted octanol–water partition coefficient (Wildman–Crippen LogP) is 3.09. The molecule has 0 unspecified atom stereocenters. The number of benzene rings is 2. The number of fused-ring (bicyclic) bond motifs is 1. The number of hydrogen-bond acceptors (Lipinski definition) is 3. The lowest BCUT2D eigenvalue weighted by Crippen LogP contribution is -2.09. The zero-order valence-electron chi connectivity index (χ0n) is 11.4. The van der Waals surface area contributed by atoms with E-state index in [0.29, 0.717) is 13.2 Å². The fourth-order valence-electron chi connectivity index (χ4n) is 2.55. The molecule has 0 spiro atoms. The van der Waals surface area contributed by atoms with Gasteiger partial charge < -0.3 is 15.2 Å². The molecule has 1 aliphatic rings. The van der Waals surface area contributed by atoms with E-state index < -0.39 is 0 Å². The van der Waals surface area contributed by atoms with Crippen LogP contribution in [0.1, 0.15) is 23.6 Å². The summed E-state index contributed by atoms with van der Waals surface area (Å²) >= 11 is 0. The molecule has 1 atom stereocenters. The molecule has 3 nitrogen and oxygen atoms in total. The monoisotopic (exact) mass is 269 g/mol. The standard InChI is InChI=1S/C17H19NO2/c18-17-9-6-13-12-15(7-8-16(13)17)20-11-10-19-14-4-2-1-3-5-14/h1-5,7-8,12,17H,6,9-11,18H2/t17-/m0/s1.